The molecule has 12 nitrogen and oxygen atoms in total. The van der Waals surface area contributed by atoms with Crippen LogP contribution in [0, 0.1) is 0 Å². The summed E-state index contributed by atoms with van der Waals surface area (Å²) in [5, 5.41) is 3.75. The van der Waals surface area contributed by atoms with Crippen LogP contribution in [0.15, 0.2) is 60.8 Å². The van der Waals surface area contributed by atoms with Gasteiger partial charge < -0.3 is 14.8 Å². The molecule has 0 spiro atoms. The average molecular weight is 809 g/mol. The molecule has 2 fully saturated rings. The van der Waals surface area contributed by atoms with Crippen molar-refractivity contribution < 1.29 is 31.1 Å². The van der Waals surface area contributed by atoms with Gasteiger partial charge in [0.05, 0.1) is 50.9 Å². The number of anilines is 1. The number of methoxy groups -OCH3 is 1. The van der Waals surface area contributed by atoms with Gasteiger partial charge in [-0.25, -0.2) is 21.8 Å². The number of benzene rings is 2. The predicted molar refractivity (Wildman–Crippen MR) is 202 cm³/mol. The standard InChI is InChI=1S/C35H36Cl3N5O7S2/c1-49-35-24(21-43-12-16-52(47,48)17-13-43)18-27(36)30(41-35)22-50-31-7-3-5-26(33(31)38)25-4-2-6-28(32(25)37)40-34(44)29-9-8-23(19-39-29)20-42-10-14-51(45,46)15-11-42/h2-9,18-19H,10-17,20-22H2,1H3,(H,40,44). The smallest absolute Gasteiger partial charge is 0.274 e. The van der Waals surface area contributed by atoms with Gasteiger partial charge in [0.15, 0.2) is 19.7 Å². The lowest BCUT2D eigenvalue weighted by molar-refractivity contribution is 0.102. The molecule has 0 unspecified atom stereocenters. The molecule has 4 heterocycles. The number of carbonyl (C=O) groups is 1. The lowest BCUT2D eigenvalue weighted by Gasteiger charge is -2.27. The fraction of sp³-hybridized carbons (Fsp3) is 0.343. The van der Waals surface area contributed by atoms with Gasteiger partial charge >= 0.3 is 0 Å². The monoisotopic (exact) mass is 807 g/mol. The zero-order valence-corrected chi connectivity index (χ0v) is 32.0. The first-order chi connectivity index (χ1) is 24.8. The number of hydrogen-bond donors (Lipinski definition) is 1. The fourth-order valence-corrected chi connectivity index (χ4v) is 9.24. The van der Waals surface area contributed by atoms with Gasteiger partial charge in [0.1, 0.15) is 23.7 Å². The number of sulfone groups is 2. The Morgan fingerprint density at radius 3 is 2.06 bits per heavy atom. The Labute approximate surface area is 317 Å². The van der Waals surface area contributed by atoms with E-state index in [9.17, 15) is 21.6 Å². The second-order valence-electron chi connectivity index (χ2n) is 12.5. The highest BCUT2D eigenvalue weighted by Crippen LogP contribution is 2.41. The molecule has 2 aromatic carbocycles. The summed E-state index contributed by atoms with van der Waals surface area (Å²) in [5.41, 5.74) is 3.73. The Kier molecular flexibility index (Phi) is 11.9. The molecule has 4 aromatic rings. The van der Waals surface area contributed by atoms with Crippen molar-refractivity contribution in [2.24, 2.45) is 0 Å². The summed E-state index contributed by atoms with van der Waals surface area (Å²) in [6.07, 6.45) is 1.61. The molecule has 0 radical (unpaired) electrons. The summed E-state index contributed by atoms with van der Waals surface area (Å²) in [4.78, 5) is 26.1. The van der Waals surface area contributed by atoms with E-state index in [0.717, 1.165) is 11.1 Å². The van der Waals surface area contributed by atoms with Crippen LogP contribution in [0.25, 0.3) is 11.1 Å². The maximum atomic E-state index is 13.1. The summed E-state index contributed by atoms with van der Waals surface area (Å²) in [6.45, 7) is 2.74. The minimum Gasteiger partial charge on any atom is -0.486 e. The summed E-state index contributed by atoms with van der Waals surface area (Å²) in [6, 6.07) is 15.6. The minimum atomic E-state index is -3.00. The van der Waals surface area contributed by atoms with E-state index in [2.05, 4.69) is 15.3 Å². The van der Waals surface area contributed by atoms with Crippen LogP contribution in [0.1, 0.15) is 27.3 Å². The number of pyridine rings is 2. The van der Waals surface area contributed by atoms with E-state index >= 15 is 0 Å². The van der Waals surface area contributed by atoms with E-state index in [0.29, 0.717) is 78.4 Å². The van der Waals surface area contributed by atoms with Crippen LogP contribution in [0.5, 0.6) is 11.6 Å². The zero-order chi connectivity index (χ0) is 37.0. The van der Waals surface area contributed by atoms with Gasteiger partial charge in [0.2, 0.25) is 5.88 Å². The molecule has 2 saturated heterocycles. The van der Waals surface area contributed by atoms with Gasteiger partial charge in [0.25, 0.3) is 5.91 Å². The van der Waals surface area contributed by atoms with Crippen LogP contribution >= 0.6 is 34.8 Å². The normalized spacial score (nSPS) is 17.4. The van der Waals surface area contributed by atoms with Crippen molar-refractivity contribution in [3.63, 3.8) is 0 Å². The van der Waals surface area contributed by atoms with Gasteiger partial charge in [-0.1, -0.05) is 65.1 Å². The SMILES string of the molecule is COc1nc(COc2cccc(-c3cccc(NC(=O)c4ccc(CN5CCS(=O)(=O)CC5)cn4)c3Cl)c2Cl)c(Cl)cc1CN1CCS(=O)(=O)CC1. The molecule has 0 aliphatic carbocycles. The highest BCUT2D eigenvalue weighted by molar-refractivity contribution is 7.91. The number of nitrogens with zero attached hydrogens (tertiary/aromatic N) is 4. The van der Waals surface area contributed by atoms with Crippen molar-refractivity contribution in [1.29, 1.82) is 0 Å². The Bertz CT molecular complexity index is 2160. The molecule has 0 bridgehead atoms. The van der Waals surface area contributed by atoms with E-state index in [-0.39, 0.29) is 45.4 Å². The number of hydrogen-bond acceptors (Lipinski definition) is 11. The molecular formula is C35H36Cl3N5O7S2. The van der Waals surface area contributed by atoms with Crippen molar-refractivity contribution in [2.45, 2.75) is 19.7 Å². The van der Waals surface area contributed by atoms with Crippen LogP contribution in [0.4, 0.5) is 5.69 Å². The topological polar surface area (TPSA) is 148 Å². The van der Waals surface area contributed by atoms with Gasteiger partial charge in [0, 0.05) is 62.2 Å². The summed E-state index contributed by atoms with van der Waals surface area (Å²) < 4.78 is 58.7. The fourth-order valence-electron chi connectivity index (χ4n) is 5.90. The van der Waals surface area contributed by atoms with Crippen molar-refractivity contribution in [2.75, 3.05) is 61.6 Å². The molecule has 0 saturated carbocycles. The highest BCUT2D eigenvalue weighted by atomic mass is 35.5. The van der Waals surface area contributed by atoms with Gasteiger partial charge in [-0.3, -0.25) is 19.6 Å². The van der Waals surface area contributed by atoms with Gasteiger partial charge in [-0.2, -0.15) is 0 Å². The first-order valence-electron chi connectivity index (χ1n) is 16.3. The van der Waals surface area contributed by atoms with Crippen molar-refractivity contribution in [1.82, 2.24) is 19.8 Å². The van der Waals surface area contributed by atoms with Crippen molar-refractivity contribution >= 4 is 66.1 Å². The minimum absolute atomic E-state index is 0.0177. The molecular weight excluding hydrogens is 773 g/mol. The second kappa shape index (κ2) is 16.3. The van der Waals surface area contributed by atoms with Gasteiger partial charge in [-0.15, -0.1) is 0 Å². The third kappa shape index (κ3) is 9.34. The number of aromatic nitrogens is 2. The lowest BCUT2D eigenvalue weighted by Crippen LogP contribution is -2.39. The summed E-state index contributed by atoms with van der Waals surface area (Å²) in [7, 11) is -4.46. The Morgan fingerprint density at radius 1 is 0.827 bits per heavy atom. The van der Waals surface area contributed by atoms with Crippen molar-refractivity contribution in [3.8, 4) is 22.8 Å². The average Bonchev–Trinajstić information content (AvgIpc) is 3.11. The van der Waals surface area contributed by atoms with Gasteiger partial charge in [-0.05, 0) is 29.8 Å². The number of nitrogens with one attached hydrogen (secondary N) is 1. The molecule has 2 aliphatic rings. The number of rotatable bonds is 11. The number of ether oxygens (including phenoxy) is 2. The molecule has 6 rings (SSSR count). The number of halogens is 3. The maximum absolute atomic E-state index is 13.1. The third-order valence-electron chi connectivity index (χ3n) is 8.88. The first-order valence-corrected chi connectivity index (χ1v) is 21.1. The molecule has 0 atom stereocenters. The molecule has 2 aliphatic heterocycles. The number of amides is 1. The largest absolute Gasteiger partial charge is 0.486 e. The third-order valence-corrected chi connectivity index (χ3v) is 13.2. The maximum Gasteiger partial charge on any atom is 0.274 e. The quantitative estimate of drug-likeness (QED) is 0.208. The second-order valence-corrected chi connectivity index (χ2v) is 18.3. The van der Waals surface area contributed by atoms with E-state index in [1.54, 1.807) is 60.8 Å². The summed E-state index contributed by atoms with van der Waals surface area (Å²) in [5.74, 6) is 0.766. The lowest BCUT2D eigenvalue weighted by atomic mass is 10.0. The molecule has 17 heteroatoms. The molecule has 52 heavy (non-hydrogen) atoms. The Balaban J connectivity index is 1.11. The molecule has 1 amide bonds. The molecule has 276 valence electrons. The van der Waals surface area contributed by atoms with E-state index in [1.807, 2.05) is 9.80 Å². The Hall–Kier alpha value is -3.50. The summed E-state index contributed by atoms with van der Waals surface area (Å²) >= 11 is 20.3. The zero-order valence-electron chi connectivity index (χ0n) is 28.1. The number of carbonyl (C=O) groups excluding carboxylic acids is 1. The van der Waals surface area contributed by atoms with Crippen LogP contribution < -0.4 is 14.8 Å². The van der Waals surface area contributed by atoms with Crippen LogP contribution in [-0.4, -0.2) is 98.8 Å². The van der Waals surface area contributed by atoms with E-state index in [1.165, 1.54) is 7.11 Å². The predicted octanol–water partition coefficient (Wildman–Crippen LogP) is 5.40. The van der Waals surface area contributed by atoms with Crippen LogP contribution in [-0.2, 0) is 39.4 Å². The van der Waals surface area contributed by atoms with E-state index < -0.39 is 25.6 Å². The van der Waals surface area contributed by atoms with E-state index in [4.69, 9.17) is 44.3 Å². The van der Waals surface area contributed by atoms with Crippen LogP contribution in [0.2, 0.25) is 15.1 Å². The highest BCUT2D eigenvalue weighted by Gasteiger charge is 2.24. The molecule has 1 N–H and O–H groups in total. The molecule has 2 aromatic heterocycles. The Morgan fingerprint density at radius 2 is 1.44 bits per heavy atom. The first kappa shape index (κ1) is 38.2. The van der Waals surface area contributed by atoms with Crippen LogP contribution in [0.3, 0.4) is 0 Å². The van der Waals surface area contributed by atoms with Crippen molar-refractivity contribution in [3.05, 3.63) is 98.4 Å².